The van der Waals surface area contributed by atoms with Crippen molar-refractivity contribution in [2.45, 2.75) is 19.7 Å². The number of benzene rings is 2. The number of carbonyl (C=O) groups is 1. The lowest BCUT2D eigenvalue weighted by atomic mass is 10.1. The van der Waals surface area contributed by atoms with E-state index >= 15 is 0 Å². The van der Waals surface area contributed by atoms with E-state index in [0.717, 1.165) is 12.1 Å². The van der Waals surface area contributed by atoms with E-state index in [4.69, 9.17) is 9.26 Å². The minimum atomic E-state index is -4.63. The van der Waals surface area contributed by atoms with E-state index in [0.29, 0.717) is 5.75 Å². The van der Waals surface area contributed by atoms with Gasteiger partial charge in [-0.15, -0.1) is 0 Å². The number of ether oxygens (including phenoxy) is 1. The molecule has 0 bridgehead atoms. The molecule has 3 aromatic rings. The Morgan fingerprint density at radius 2 is 1.82 bits per heavy atom. The van der Waals surface area contributed by atoms with Gasteiger partial charge in [-0.05, 0) is 43.3 Å². The zero-order chi connectivity index (χ0) is 20.3. The third kappa shape index (κ3) is 4.30. The van der Waals surface area contributed by atoms with Gasteiger partial charge in [0.15, 0.2) is 5.69 Å². The van der Waals surface area contributed by atoms with Crippen molar-refractivity contribution < 1.29 is 31.6 Å². The van der Waals surface area contributed by atoms with Crippen molar-refractivity contribution in [2.24, 2.45) is 0 Å². The molecule has 0 aliphatic heterocycles. The summed E-state index contributed by atoms with van der Waals surface area (Å²) in [4.78, 5) is 12.5. The summed E-state index contributed by atoms with van der Waals surface area (Å²) in [5.74, 6) is -0.685. The van der Waals surface area contributed by atoms with Crippen LogP contribution in [0.15, 0.2) is 53.1 Å². The van der Waals surface area contributed by atoms with Crippen LogP contribution in [0.3, 0.4) is 0 Å². The zero-order valence-corrected chi connectivity index (χ0v) is 14.5. The lowest BCUT2D eigenvalue weighted by molar-refractivity contribution is -0.136. The molecule has 0 atom stereocenters. The number of nitrogens with zero attached hydrogens (tertiary/aromatic N) is 1. The van der Waals surface area contributed by atoms with E-state index in [2.05, 4.69) is 10.5 Å². The van der Waals surface area contributed by atoms with Gasteiger partial charge in [0.05, 0.1) is 16.8 Å². The summed E-state index contributed by atoms with van der Waals surface area (Å²) in [7, 11) is 0. The topological polar surface area (TPSA) is 64.4 Å². The first-order valence-corrected chi connectivity index (χ1v) is 8.07. The first-order chi connectivity index (χ1) is 13.3. The standard InChI is InChI=1S/C19H14F4N2O3/c1-11-14(10-27-13-8-6-12(20)7-9-13)17(25-28-11)18(26)24-16-5-3-2-4-15(16)19(21,22)23/h2-9H,10H2,1H3,(H,24,26). The Morgan fingerprint density at radius 1 is 1.14 bits per heavy atom. The van der Waals surface area contributed by atoms with Crippen LogP contribution < -0.4 is 10.1 Å². The van der Waals surface area contributed by atoms with Gasteiger partial charge in [0.25, 0.3) is 5.91 Å². The molecule has 1 aromatic heterocycles. The zero-order valence-electron chi connectivity index (χ0n) is 14.5. The van der Waals surface area contributed by atoms with Crippen molar-refractivity contribution in [3.8, 4) is 5.75 Å². The smallest absolute Gasteiger partial charge is 0.418 e. The van der Waals surface area contributed by atoms with E-state index in [9.17, 15) is 22.4 Å². The fraction of sp³-hybridized carbons (Fsp3) is 0.158. The van der Waals surface area contributed by atoms with E-state index in [1.165, 1.54) is 43.3 Å². The lowest BCUT2D eigenvalue weighted by Gasteiger charge is -2.13. The molecule has 146 valence electrons. The number of rotatable bonds is 5. The maximum Gasteiger partial charge on any atom is 0.418 e. The van der Waals surface area contributed by atoms with Crippen LogP contribution >= 0.6 is 0 Å². The fourth-order valence-electron chi connectivity index (χ4n) is 2.45. The van der Waals surface area contributed by atoms with Gasteiger partial charge < -0.3 is 14.6 Å². The van der Waals surface area contributed by atoms with Crippen molar-refractivity contribution in [3.05, 3.63) is 76.9 Å². The Hall–Kier alpha value is -3.36. The van der Waals surface area contributed by atoms with Crippen LogP contribution in [0, 0.1) is 12.7 Å². The number of hydrogen-bond donors (Lipinski definition) is 1. The predicted octanol–water partition coefficient (Wildman–Crippen LogP) is 4.97. The Balaban J connectivity index is 1.79. The molecule has 1 heterocycles. The third-order valence-corrected chi connectivity index (χ3v) is 3.88. The van der Waals surface area contributed by atoms with Gasteiger partial charge in [0.1, 0.15) is 23.9 Å². The second kappa shape index (κ2) is 7.71. The second-order valence-electron chi connectivity index (χ2n) is 5.81. The van der Waals surface area contributed by atoms with E-state index < -0.39 is 29.2 Å². The normalized spacial score (nSPS) is 11.3. The number of carbonyl (C=O) groups excluding carboxylic acids is 1. The first-order valence-electron chi connectivity index (χ1n) is 8.07. The number of alkyl halides is 3. The van der Waals surface area contributed by atoms with Crippen LogP contribution in [-0.2, 0) is 12.8 Å². The highest BCUT2D eigenvalue weighted by Gasteiger charge is 2.34. The molecule has 9 heteroatoms. The molecule has 0 aliphatic carbocycles. The molecule has 1 amide bonds. The molecule has 28 heavy (non-hydrogen) atoms. The summed E-state index contributed by atoms with van der Waals surface area (Å²) in [6, 6.07) is 9.81. The Kier molecular flexibility index (Phi) is 5.34. The maximum absolute atomic E-state index is 13.1. The van der Waals surface area contributed by atoms with Gasteiger partial charge in [0.2, 0.25) is 0 Å². The largest absolute Gasteiger partial charge is 0.489 e. The van der Waals surface area contributed by atoms with Crippen LogP contribution in [0.5, 0.6) is 5.75 Å². The number of hydrogen-bond acceptors (Lipinski definition) is 4. The summed E-state index contributed by atoms with van der Waals surface area (Å²) in [5.41, 5.74) is -1.30. The molecule has 3 rings (SSSR count). The van der Waals surface area contributed by atoms with Gasteiger partial charge >= 0.3 is 6.18 Å². The summed E-state index contributed by atoms with van der Waals surface area (Å²) >= 11 is 0. The quantitative estimate of drug-likeness (QED) is 0.621. The number of anilines is 1. The summed E-state index contributed by atoms with van der Waals surface area (Å²) < 4.78 is 62.7. The molecule has 0 radical (unpaired) electrons. The first kappa shape index (κ1) is 19.4. The van der Waals surface area contributed by atoms with Crippen molar-refractivity contribution in [3.63, 3.8) is 0 Å². The summed E-state index contributed by atoms with van der Waals surface area (Å²) in [6.07, 6.45) is -4.63. The molecule has 0 unspecified atom stereocenters. The molecular weight excluding hydrogens is 380 g/mol. The van der Waals surface area contributed by atoms with Crippen LogP contribution in [0.25, 0.3) is 0 Å². The Labute approximate surface area is 156 Å². The SMILES string of the molecule is Cc1onc(C(=O)Nc2ccccc2C(F)(F)F)c1COc1ccc(F)cc1. The Morgan fingerprint density at radius 3 is 2.50 bits per heavy atom. The monoisotopic (exact) mass is 394 g/mol. The number of halogens is 4. The molecule has 0 aliphatic rings. The molecular formula is C19H14F4N2O3. The van der Waals surface area contributed by atoms with Crippen molar-refractivity contribution in [2.75, 3.05) is 5.32 Å². The third-order valence-electron chi connectivity index (χ3n) is 3.88. The van der Waals surface area contributed by atoms with Crippen molar-refractivity contribution >= 4 is 11.6 Å². The lowest BCUT2D eigenvalue weighted by Crippen LogP contribution is -2.18. The fourth-order valence-corrected chi connectivity index (χ4v) is 2.45. The van der Waals surface area contributed by atoms with Gasteiger partial charge in [-0.2, -0.15) is 13.2 Å². The molecule has 1 N–H and O–H groups in total. The van der Waals surface area contributed by atoms with Crippen LogP contribution in [0.4, 0.5) is 23.2 Å². The molecule has 0 fully saturated rings. The minimum absolute atomic E-state index is 0.134. The maximum atomic E-state index is 13.1. The number of nitrogens with one attached hydrogen (secondary N) is 1. The van der Waals surface area contributed by atoms with Crippen molar-refractivity contribution in [1.29, 1.82) is 0 Å². The molecule has 0 saturated carbocycles. The van der Waals surface area contributed by atoms with E-state index in [-0.39, 0.29) is 23.6 Å². The van der Waals surface area contributed by atoms with Gasteiger partial charge in [0, 0.05) is 0 Å². The molecule has 0 spiro atoms. The molecule has 5 nitrogen and oxygen atoms in total. The summed E-state index contributed by atoms with van der Waals surface area (Å²) in [6.45, 7) is 1.40. The molecule has 2 aromatic carbocycles. The highest BCUT2D eigenvalue weighted by Crippen LogP contribution is 2.34. The van der Waals surface area contributed by atoms with E-state index in [1.807, 2.05) is 0 Å². The van der Waals surface area contributed by atoms with Gasteiger partial charge in [-0.25, -0.2) is 4.39 Å². The van der Waals surface area contributed by atoms with Crippen molar-refractivity contribution in [1.82, 2.24) is 5.16 Å². The average molecular weight is 394 g/mol. The molecule has 0 saturated heterocycles. The average Bonchev–Trinajstić information content (AvgIpc) is 3.01. The Bertz CT molecular complexity index is 982. The van der Waals surface area contributed by atoms with Crippen LogP contribution in [-0.4, -0.2) is 11.1 Å². The van der Waals surface area contributed by atoms with Gasteiger partial charge in [-0.1, -0.05) is 17.3 Å². The second-order valence-corrected chi connectivity index (χ2v) is 5.81. The van der Waals surface area contributed by atoms with Crippen LogP contribution in [0.2, 0.25) is 0 Å². The summed E-state index contributed by atoms with van der Waals surface area (Å²) in [5, 5.41) is 5.83. The van der Waals surface area contributed by atoms with Gasteiger partial charge in [-0.3, -0.25) is 4.79 Å². The number of para-hydroxylation sites is 1. The van der Waals surface area contributed by atoms with E-state index in [1.54, 1.807) is 0 Å². The highest BCUT2D eigenvalue weighted by molar-refractivity contribution is 6.04. The van der Waals surface area contributed by atoms with Crippen LogP contribution in [0.1, 0.15) is 27.4 Å². The highest BCUT2D eigenvalue weighted by atomic mass is 19.4. The number of aromatic nitrogens is 1. The predicted molar refractivity (Wildman–Crippen MR) is 91.4 cm³/mol. The number of amides is 1. The number of aryl methyl sites for hydroxylation is 1. The minimum Gasteiger partial charge on any atom is -0.489 e.